The molecule has 0 aliphatic carbocycles. The number of hydrogen-bond donors (Lipinski definition) is 1. The van der Waals surface area contributed by atoms with E-state index in [1.807, 2.05) is 0 Å². The van der Waals surface area contributed by atoms with E-state index < -0.39 is 22.9 Å². The summed E-state index contributed by atoms with van der Waals surface area (Å²) in [7, 11) is 0. The molecule has 0 aliphatic heterocycles. The van der Waals surface area contributed by atoms with Gasteiger partial charge in [0.2, 0.25) is 0 Å². The lowest BCUT2D eigenvalue weighted by atomic mass is 10.2. The number of carbonyl (C=O) groups excluding carboxylic acids is 2. The van der Waals surface area contributed by atoms with Crippen LogP contribution in [-0.4, -0.2) is 22.9 Å². The van der Waals surface area contributed by atoms with Crippen LogP contribution in [0.5, 0.6) is 0 Å². The van der Waals surface area contributed by atoms with E-state index in [2.05, 4.69) is 5.32 Å². The summed E-state index contributed by atoms with van der Waals surface area (Å²) in [5, 5.41) is 13.8. The number of benzene rings is 2. The third-order valence-corrected chi connectivity index (χ3v) is 3.52. The minimum absolute atomic E-state index is 0.154. The number of rotatable bonds is 6. The molecule has 1 atom stereocenters. The van der Waals surface area contributed by atoms with Gasteiger partial charge in [0.1, 0.15) is 0 Å². The predicted octanol–water partition coefficient (Wildman–Crippen LogP) is 3.83. The lowest BCUT2D eigenvalue weighted by Gasteiger charge is -2.12. The van der Waals surface area contributed by atoms with Crippen LogP contribution in [0.15, 0.2) is 54.6 Å². The maximum atomic E-state index is 12.0. The lowest BCUT2D eigenvalue weighted by molar-refractivity contribution is -0.384. The number of ether oxygens (including phenoxy) is 1. The third kappa shape index (κ3) is 5.71. The van der Waals surface area contributed by atoms with Crippen molar-refractivity contribution in [1.29, 1.82) is 0 Å². The Morgan fingerprint density at radius 2 is 1.92 bits per heavy atom. The highest BCUT2D eigenvalue weighted by Gasteiger charge is 2.17. The molecule has 0 aliphatic rings. The van der Waals surface area contributed by atoms with Gasteiger partial charge in [-0.3, -0.25) is 14.9 Å². The highest BCUT2D eigenvalue weighted by atomic mass is 35.5. The first-order valence-electron chi connectivity index (χ1n) is 7.55. The summed E-state index contributed by atoms with van der Waals surface area (Å²) in [4.78, 5) is 34.0. The van der Waals surface area contributed by atoms with E-state index in [9.17, 15) is 19.7 Å². The maximum absolute atomic E-state index is 12.0. The first-order valence-corrected chi connectivity index (χ1v) is 7.92. The fraction of sp³-hybridized carbons (Fsp3) is 0.111. The zero-order valence-corrected chi connectivity index (χ0v) is 14.5. The largest absolute Gasteiger partial charge is 0.449 e. The predicted molar refractivity (Wildman–Crippen MR) is 97.8 cm³/mol. The maximum Gasteiger partial charge on any atom is 0.331 e. The average Bonchev–Trinajstić information content (AvgIpc) is 2.61. The summed E-state index contributed by atoms with van der Waals surface area (Å²) in [6, 6.07) is 12.3. The van der Waals surface area contributed by atoms with Gasteiger partial charge in [-0.05, 0) is 36.8 Å². The van der Waals surface area contributed by atoms with Crippen LogP contribution in [0.4, 0.5) is 11.4 Å². The van der Waals surface area contributed by atoms with Gasteiger partial charge in [0.25, 0.3) is 11.6 Å². The molecule has 0 aromatic heterocycles. The quantitative estimate of drug-likeness (QED) is 0.358. The number of nitro groups is 1. The molecule has 0 spiro atoms. The molecule has 0 saturated heterocycles. The zero-order chi connectivity index (χ0) is 19.1. The van der Waals surface area contributed by atoms with Crippen molar-refractivity contribution in [2.45, 2.75) is 13.0 Å². The van der Waals surface area contributed by atoms with Crippen molar-refractivity contribution >= 4 is 40.9 Å². The number of carbonyl (C=O) groups is 2. The van der Waals surface area contributed by atoms with Crippen LogP contribution in [0.3, 0.4) is 0 Å². The molecule has 2 aromatic carbocycles. The number of esters is 1. The number of hydrogen-bond acceptors (Lipinski definition) is 5. The number of halogens is 1. The van der Waals surface area contributed by atoms with Gasteiger partial charge in [0, 0.05) is 28.9 Å². The highest BCUT2D eigenvalue weighted by molar-refractivity contribution is 6.30. The van der Waals surface area contributed by atoms with Crippen molar-refractivity contribution in [2.24, 2.45) is 0 Å². The molecule has 0 heterocycles. The van der Waals surface area contributed by atoms with Crippen molar-refractivity contribution in [3.63, 3.8) is 0 Å². The van der Waals surface area contributed by atoms with E-state index >= 15 is 0 Å². The molecule has 2 rings (SSSR count). The fourth-order valence-corrected chi connectivity index (χ4v) is 2.07. The molecule has 134 valence electrons. The van der Waals surface area contributed by atoms with Gasteiger partial charge < -0.3 is 10.1 Å². The zero-order valence-electron chi connectivity index (χ0n) is 13.7. The summed E-state index contributed by atoms with van der Waals surface area (Å²) < 4.78 is 5.01. The fourth-order valence-electron chi connectivity index (χ4n) is 1.95. The molecule has 26 heavy (non-hydrogen) atoms. The number of anilines is 1. The summed E-state index contributed by atoms with van der Waals surface area (Å²) in [5.41, 5.74) is 0.835. The van der Waals surface area contributed by atoms with E-state index in [1.165, 1.54) is 43.3 Å². The van der Waals surface area contributed by atoms with E-state index in [4.69, 9.17) is 16.3 Å². The molecule has 1 amide bonds. The van der Waals surface area contributed by atoms with Crippen molar-refractivity contribution in [3.8, 4) is 0 Å². The number of amides is 1. The third-order valence-electron chi connectivity index (χ3n) is 3.27. The van der Waals surface area contributed by atoms with E-state index in [1.54, 1.807) is 24.3 Å². The topological polar surface area (TPSA) is 98.5 Å². The van der Waals surface area contributed by atoms with Crippen LogP contribution in [0, 0.1) is 10.1 Å². The Bertz CT molecular complexity index is 849. The molecule has 0 unspecified atom stereocenters. The van der Waals surface area contributed by atoms with Crippen LogP contribution >= 0.6 is 11.6 Å². The second kappa shape index (κ2) is 8.77. The molecule has 0 bridgehead atoms. The molecule has 7 nitrogen and oxygen atoms in total. The Balaban J connectivity index is 1.91. The van der Waals surface area contributed by atoms with Crippen LogP contribution in [-0.2, 0) is 14.3 Å². The Morgan fingerprint density at radius 3 is 2.58 bits per heavy atom. The van der Waals surface area contributed by atoms with E-state index in [0.717, 1.165) is 5.56 Å². The molecule has 0 radical (unpaired) electrons. The second-order valence-electron chi connectivity index (χ2n) is 5.26. The smallest absolute Gasteiger partial charge is 0.331 e. The Hall–Kier alpha value is -3.19. The minimum atomic E-state index is -1.07. The van der Waals surface area contributed by atoms with E-state index in [-0.39, 0.29) is 11.4 Å². The number of nitrogens with zero attached hydrogens (tertiary/aromatic N) is 1. The monoisotopic (exact) mass is 374 g/mol. The minimum Gasteiger partial charge on any atom is -0.449 e. The number of nitrogens with one attached hydrogen (secondary N) is 1. The van der Waals surface area contributed by atoms with E-state index in [0.29, 0.717) is 5.02 Å². The number of nitro benzene ring substituents is 1. The molecule has 1 N–H and O–H groups in total. The van der Waals surface area contributed by atoms with Crippen molar-refractivity contribution in [3.05, 3.63) is 75.3 Å². The Labute approximate surface area is 154 Å². The molecule has 8 heteroatoms. The van der Waals surface area contributed by atoms with Gasteiger partial charge in [-0.25, -0.2) is 4.79 Å². The first-order chi connectivity index (χ1) is 12.3. The van der Waals surface area contributed by atoms with Gasteiger partial charge in [-0.2, -0.15) is 0 Å². The summed E-state index contributed by atoms with van der Waals surface area (Å²) in [5.74, 6) is -1.29. The lowest BCUT2D eigenvalue weighted by Crippen LogP contribution is -2.29. The average molecular weight is 375 g/mol. The van der Waals surface area contributed by atoms with Gasteiger partial charge in [0.05, 0.1) is 4.92 Å². The van der Waals surface area contributed by atoms with Crippen molar-refractivity contribution in [1.82, 2.24) is 0 Å². The summed E-state index contributed by atoms with van der Waals surface area (Å²) in [6.07, 6.45) is 1.65. The Morgan fingerprint density at radius 1 is 1.23 bits per heavy atom. The van der Waals surface area contributed by atoms with Crippen LogP contribution < -0.4 is 5.32 Å². The molecular formula is C18H15ClN2O5. The van der Waals surface area contributed by atoms with Crippen LogP contribution in [0.1, 0.15) is 12.5 Å². The first kappa shape index (κ1) is 19.1. The van der Waals surface area contributed by atoms with Gasteiger partial charge in [-0.1, -0.05) is 29.8 Å². The SMILES string of the molecule is C[C@@H](OC(=O)/C=C/c1ccc(Cl)cc1)C(=O)Nc1cccc([N+](=O)[O-])c1. The van der Waals surface area contributed by atoms with Crippen molar-refractivity contribution in [2.75, 3.05) is 5.32 Å². The number of non-ortho nitro benzene ring substituents is 1. The Kier molecular flexibility index (Phi) is 6.46. The van der Waals surface area contributed by atoms with Gasteiger partial charge >= 0.3 is 5.97 Å². The van der Waals surface area contributed by atoms with Gasteiger partial charge in [-0.15, -0.1) is 0 Å². The normalized spacial score (nSPS) is 11.8. The molecule has 2 aromatic rings. The standard InChI is InChI=1S/C18H15ClN2O5/c1-12(18(23)20-15-3-2-4-16(11-15)21(24)25)26-17(22)10-7-13-5-8-14(19)9-6-13/h2-12H,1H3,(H,20,23)/b10-7+/t12-/m1/s1. The summed E-state index contributed by atoms with van der Waals surface area (Å²) in [6.45, 7) is 1.40. The second-order valence-corrected chi connectivity index (χ2v) is 5.70. The summed E-state index contributed by atoms with van der Waals surface area (Å²) >= 11 is 5.77. The molecule has 0 saturated carbocycles. The molecule has 0 fully saturated rings. The van der Waals surface area contributed by atoms with Crippen molar-refractivity contribution < 1.29 is 19.2 Å². The van der Waals surface area contributed by atoms with Crippen LogP contribution in [0.25, 0.3) is 6.08 Å². The molecular weight excluding hydrogens is 360 g/mol. The van der Waals surface area contributed by atoms with Gasteiger partial charge in [0.15, 0.2) is 6.10 Å². The highest BCUT2D eigenvalue weighted by Crippen LogP contribution is 2.17. The van der Waals surface area contributed by atoms with Crippen LogP contribution in [0.2, 0.25) is 5.02 Å².